The number of nitriles is 1. The number of rotatable bonds is 1. The lowest BCUT2D eigenvalue weighted by molar-refractivity contribution is 0.592. The van der Waals surface area contributed by atoms with Gasteiger partial charge in [0.2, 0.25) is 0 Å². The first-order valence-electron chi connectivity index (χ1n) is 7.53. The van der Waals surface area contributed by atoms with Crippen LogP contribution in [0, 0.1) is 11.3 Å². The number of fused-ring (bicyclic) bond motifs is 1. The standard InChI is InChI=1S/C21H19N/c1-21(2,3)20-13-15(14-22)11-12-19(20)18-10-6-8-16-7-4-5-9-17(16)18/h4-13H,1-3H3. The predicted molar refractivity (Wildman–Crippen MR) is 92.8 cm³/mol. The molecule has 0 saturated heterocycles. The van der Waals surface area contributed by atoms with Crippen LogP contribution in [0.2, 0.25) is 0 Å². The van der Waals surface area contributed by atoms with E-state index in [0.717, 1.165) is 0 Å². The van der Waals surface area contributed by atoms with Gasteiger partial charge in [0.25, 0.3) is 0 Å². The van der Waals surface area contributed by atoms with Crippen molar-refractivity contribution < 1.29 is 0 Å². The molecule has 0 amide bonds. The van der Waals surface area contributed by atoms with Gasteiger partial charge in [0.15, 0.2) is 0 Å². The minimum absolute atomic E-state index is 0.0147. The van der Waals surface area contributed by atoms with Crippen LogP contribution in [0.25, 0.3) is 21.9 Å². The van der Waals surface area contributed by atoms with Crippen LogP contribution < -0.4 is 0 Å². The Balaban J connectivity index is 2.34. The summed E-state index contributed by atoms with van der Waals surface area (Å²) in [6, 6.07) is 23.1. The molecule has 1 nitrogen and oxygen atoms in total. The van der Waals surface area contributed by atoms with Gasteiger partial charge in [-0.1, -0.05) is 69.3 Å². The zero-order valence-electron chi connectivity index (χ0n) is 13.2. The molecule has 0 spiro atoms. The normalized spacial score (nSPS) is 11.4. The van der Waals surface area contributed by atoms with E-state index in [9.17, 15) is 5.26 Å². The summed E-state index contributed by atoms with van der Waals surface area (Å²) in [5, 5.41) is 11.7. The van der Waals surface area contributed by atoms with Gasteiger partial charge in [-0.05, 0) is 45.0 Å². The van der Waals surface area contributed by atoms with Crippen molar-refractivity contribution in [2.75, 3.05) is 0 Å². The van der Waals surface area contributed by atoms with Crippen molar-refractivity contribution in [2.45, 2.75) is 26.2 Å². The molecule has 3 rings (SSSR count). The van der Waals surface area contributed by atoms with E-state index in [0.29, 0.717) is 5.56 Å². The monoisotopic (exact) mass is 285 g/mol. The van der Waals surface area contributed by atoms with Gasteiger partial charge in [0, 0.05) is 0 Å². The number of hydrogen-bond donors (Lipinski definition) is 0. The van der Waals surface area contributed by atoms with Crippen molar-refractivity contribution in [3.63, 3.8) is 0 Å². The minimum Gasteiger partial charge on any atom is -0.192 e. The molecule has 0 atom stereocenters. The Bertz CT molecular complexity index is 871. The molecule has 3 aromatic rings. The summed E-state index contributed by atoms with van der Waals surface area (Å²) in [5.41, 5.74) is 4.35. The molecule has 0 radical (unpaired) electrons. The highest BCUT2D eigenvalue weighted by atomic mass is 14.3. The molecule has 0 unspecified atom stereocenters. The fourth-order valence-corrected chi connectivity index (χ4v) is 2.93. The second-order valence-corrected chi connectivity index (χ2v) is 6.65. The average Bonchev–Trinajstić information content (AvgIpc) is 2.53. The molecule has 3 aromatic carbocycles. The van der Waals surface area contributed by atoms with Gasteiger partial charge in [-0.15, -0.1) is 0 Å². The van der Waals surface area contributed by atoms with Crippen molar-refractivity contribution >= 4 is 10.8 Å². The van der Waals surface area contributed by atoms with E-state index < -0.39 is 0 Å². The van der Waals surface area contributed by atoms with Gasteiger partial charge >= 0.3 is 0 Å². The number of benzene rings is 3. The third-order valence-electron chi connectivity index (χ3n) is 4.04. The van der Waals surface area contributed by atoms with E-state index in [-0.39, 0.29) is 5.41 Å². The summed E-state index contributed by atoms with van der Waals surface area (Å²) in [5.74, 6) is 0. The van der Waals surface area contributed by atoms with Crippen molar-refractivity contribution in [3.8, 4) is 17.2 Å². The summed E-state index contributed by atoms with van der Waals surface area (Å²) in [6.45, 7) is 6.58. The van der Waals surface area contributed by atoms with Gasteiger partial charge in [-0.3, -0.25) is 0 Å². The van der Waals surface area contributed by atoms with E-state index in [2.05, 4.69) is 75.4 Å². The Labute approximate surface area is 131 Å². The molecule has 0 heterocycles. The Morgan fingerprint density at radius 2 is 1.55 bits per heavy atom. The molecular weight excluding hydrogens is 266 g/mol. The van der Waals surface area contributed by atoms with E-state index >= 15 is 0 Å². The highest BCUT2D eigenvalue weighted by molar-refractivity contribution is 5.97. The van der Waals surface area contributed by atoms with E-state index in [1.165, 1.54) is 27.5 Å². The molecule has 0 saturated carbocycles. The topological polar surface area (TPSA) is 23.8 Å². The fourth-order valence-electron chi connectivity index (χ4n) is 2.93. The quantitative estimate of drug-likeness (QED) is 0.564. The molecule has 1 heteroatoms. The van der Waals surface area contributed by atoms with Crippen LogP contribution in [0.3, 0.4) is 0 Å². The average molecular weight is 285 g/mol. The third-order valence-corrected chi connectivity index (χ3v) is 4.04. The maximum absolute atomic E-state index is 9.21. The summed E-state index contributed by atoms with van der Waals surface area (Å²) < 4.78 is 0. The first-order chi connectivity index (χ1) is 10.5. The highest BCUT2D eigenvalue weighted by Gasteiger charge is 2.20. The molecule has 0 aliphatic rings. The Morgan fingerprint density at radius 1 is 0.818 bits per heavy atom. The lowest BCUT2D eigenvalue weighted by Gasteiger charge is -2.24. The molecule has 0 N–H and O–H groups in total. The van der Waals surface area contributed by atoms with E-state index in [4.69, 9.17) is 0 Å². The van der Waals surface area contributed by atoms with Gasteiger partial charge in [-0.25, -0.2) is 0 Å². The molecule has 108 valence electrons. The van der Waals surface area contributed by atoms with Gasteiger partial charge in [-0.2, -0.15) is 5.26 Å². The number of hydrogen-bond acceptors (Lipinski definition) is 1. The van der Waals surface area contributed by atoms with Crippen LogP contribution in [-0.2, 0) is 5.41 Å². The summed E-state index contributed by atoms with van der Waals surface area (Å²) >= 11 is 0. The zero-order valence-corrected chi connectivity index (χ0v) is 13.2. The predicted octanol–water partition coefficient (Wildman–Crippen LogP) is 5.68. The van der Waals surface area contributed by atoms with Crippen LogP contribution in [0.15, 0.2) is 60.7 Å². The first-order valence-corrected chi connectivity index (χ1v) is 7.53. The SMILES string of the molecule is CC(C)(C)c1cc(C#N)ccc1-c1cccc2ccccc12. The Kier molecular flexibility index (Phi) is 3.47. The van der Waals surface area contributed by atoms with Crippen LogP contribution in [0.5, 0.6) is 0 Å². The van der Waals surface area contributed by atoms with E-state index in [1.54, 1.807) is 0 Å². The van der Waals surface area contributed by atoms with Crippen LogP contribution in [0.4, 0.5) is 0 Å². The van der Waals surface area contributed by atoms with Gasteiger partial charge < -0.3 is 0 Å². The lowest BCUT2D eigenvalue weighted by atomic mass is 9.80. The maximum atomic E-state index is 9.21. The highest BCUT2D eigenvalue weighted by Crippen LogP contribution is 2.37. The van der Waals surface area contributed by atoms with Crippen LogP contribution in [0.1, 0.15) is 31.9 Å². The number of nitrogens with zero attached hydrogens (tertiary/aromatic N) is 1. The molecule has 22 heavy (non-hydrogen) atoms. The van der Waals surface area contributed by atoms with Gasteiger partial charge in [0.1, 0.15) is 0 Å². The zero-order chi connectivity index (χ0) is 15.7. The molecular formula is C21H19N. The minimum atomic E-state index is -0.0147. The summed E-state index contributed by atoms with van der Waals surface area (Å²) in [4.78, 5) is 0. The van der Waals surface area contributed by atoms with Gasteiger partial charge in [0.05, 0.1) is 11.6 Å². The third kappa shape index (κ3) is 2.49. The first kappa shape index (κ1) is 14.4. The summed E-state index contributed by atoms with van der Waals surface area (Å²) in [7, 11) is 0. The molecule has 0 bridgehead atoms. The largest absolute Gasteiger partial charge is 0.192 e. The second-order valence-electron chi connectivity index (χ2n) is 6.65. The van der Waals surface area contributed by atoms with Crippen molar-refractivity contribution in [1.82, 2.24) is 0 Å². The summed E-state index contributed by atoms with van der Waals surface area (Å²) in [6.07, 6.45) is 0. The second kappa shape index (κ2) is 5.31. The van der Waals surface area contributed by atoms with Crippen LogP contribution >= 0.6 is 0 Å². The van der Waals surface area contributed by atoms with Crippen LogP contribution in [-0.4, -0.2) is 0 Å². The maximum Gasteiger partial charge on any atom is 0.0991 e. The lowest BCUT2D eigenvalue weighted by Crippen LogP contribution is -2.13. The smallest absolute Gasteiger partial charge is 0.0991 e. The van der Waals surface area contributed by atoms with Crippen molar-refractivity contribution in [1.29, 1.82) is 5.26 Å². The van der Waals surface area contributed by atoms with E-state index in [1.807, 2.05) is 12.1 Å². The Morgan fingerprint density at radius 3 is 2.27 bits per heavy atom. The van der Waals surface area contributed by atoms with Crippen molar-refractivity contribution in [3.05, 3.63) is 71.8 Å². The fraction of sp³-hybridized carbons (Fsp3) is 0.190. The van der Waals surface area contributed by atoms with Crippen molar-refractivity contribution in [2.24, 2.45) is 0 Å². The molecule has 0 fully saturated rings. The molecule has 0 aliphatic heterocycles. The Hall–Kier alpha value is -2.59. The molecule has 0 aliphatic carbocycles. The molecule has 0 aromatic heterocycles.